The molecular weight excluding hydrogens is 539 g/mol. The lowest BCUT2D eigenvalue weighted by Gasteiger charge is -2.34. The minimum absolute atomic E-state index is 0.0561. The maximum Gasteiger partial charge on any atom is 0.253 e. The number of pyridine rings is 1. The summed E-state index contributed by atoms with van der Waals surface area (Å²) in [6, 6.07) is 10.0. The molecule has 9 nitrogen and oxygen atoms in total. The predicted octanol–water partition coefficient (Wildman–Crippen LogP) is 4.77. The maximum atomic E-state index is 14.2. The fraction of sp³-hybridized carbons (Fsp3) is 0.310. The van der Waals surface area contributed by atoms with Gasteiger partial charge in [0.1, 0.15) is 17.7 Å². The van der Waals surface area contributed by atoms with Gasteiger partial charge in [-0.25, -0.2) is 9.37 Å². The summed E-state index contributed by atoms with van der Waals surface area (Å²) >= 11 is 6.25. The third kappa shape index (κ3) is 5.30. The Labute approximate surface area is 235 Å². The number of furan rings is 1. The van der Waals surface area contributed by atoms with E-state index < -0.39 is 11.9 Å². The number of carbonyl (C=O) groups is 1. The van der Waals surface area contributed by atoms with Crippen molar-refractivity contribution in [3.05, 3.63) is 70.8 Å². The summed E-state index contributed by atoms with van der Waals surface area (Å²) in [5.41, 5.74) is 8.90. The topological polar surface area (TPSA) is 114 Å². The summed E-state index contributed by atoms with van der Waals surface area (Å²) in [6.45, 7) is 5.05. The number of amides is 1. The van der Waals surface area contributed by atoms with Crippen LogP contribution in [0.1, 0.15) is 28.9 Å². The SMILES string of the molecule is COc1ccc(F)c(Cl)c1C(C)Oc1c(N)ncc2c(-c3cccc(C(=O)N4CCN(CCO)CC4)c3)coc12. The van der Waals surface area contributed by atoms with Crippen molar-refractivity contribution in [3.8, 4) is 22.6 Å². The van der Waals surface area contributed by atoms with E-state index >= 15 is 0 Å². The minimum atomic E-state index is -0.750. The largest absolute Gasteiger partial charge is 0.496 e. The van der Waals surface area contributed by atoms with Crippen LogP contribution in [0.5, 0.6) is 11.5 Å². The van der Waals surface area contributed by atoms with Crippen molar-refractivity contribution in [2.75, 3.05) is 52.2 Å². The molecule has 1 atom stereocenters. The number of fused-ring (bicyclic) bond motifs is 1. The number of aromatic nitrogens is 1. The number of ether oxygens (including phenoxy) is 2. The molecule has 0 spiro atoms. The van der Waals surface area contributed by atoms with Crippen LogP contribution in [-0.4, -0.2) is 72.2 Å². The van der Waals surface area contributed by atoms with Gasteiger partial charge in [-0.05, 0) is 36.8 Å². The highest BCUT2D eigenvalue weighted by atomic mass is 35.5. The van der Waals surface area contributed by atoms with Crippen LogP contribution in [0.15, 0.2) is 53.3 Å². The van der Waals surface area contributed by atoms with Crippen LogP contribution in [0.2, 0.25) is 5.02 Å². The molecule has 1 unspecified atom stereocenters. The number of carbonyl (C=O) groups excluding carboxylic acids is 1. The number of aliphatic hydroxyl groups excluding tert-OH is 1. The molecular formula is C29H30ClFN4O5. The highest BCUT2D eigenvalue weighted by molar-refractivity contribution is 6.31. The number of anilines is 1. The van der Waals surface area contributed by atoms with Crippen LogP contribution in [0, 0.1) is 5.82 Å². The van der Waals surface area contributed by atoms with Gasteiger partial charge < -0.3 is 29.6 Å². The number of methoxy groups -OCH3 is 1. The zero-order chi connectivity index (χ0) is 28.4. The molecule has 2 aromatic carbocycles. The Kier molecular flexibility index (Phi) is 8.11. The molecule has 1 aliphatic rings. The van der Waals surface area contributed by atoms with Crippen LogP contribution in [-0.2, 0) is 0 Å². The van der Waals surface area contributed by atoms with Gasteiger partial charge in [0.25, 0.3) is 5.91 Å². The number of rotatable bonds is 8. The van der Waals surface area contributed by atoms with Crippen molar-refractivity contribution in [3.63, 3.8) is 0 Å². The van der Waals surface area contributed by atoms with Gasteiger partial charge in [0, 0.05) is 50.0 Å². The van der Waals surface area contributed by atoms with E-state index in [0.717, 1.165) is 18.7 Å². The summed E-state index contributed by atoms with van der Waals surface area (Å²) in [4.78, 5) is 21.5. The summed E-state index contributed by atoms with van der Waals surface area (Å²) in [5, 5.41) is 9.69. The molecule has 1 saturated heterocycles. The number of piperazine rings is 1. The number of aliphatic hydroxyl groups is 1. The number of hydrogen-bond donors (Lipinski definition) is 2. The van der Waals surface area contributed by atoms with Crippen LogP contribution in [0.4, 0.5) is 10.2 Å². The van der Waals surface area contributed by atoms with Crippen LogP contribution in [0.25, 0.3) is 22.1 Å². The van der Waals surface area contributed by atoms with Crippen molar-refractivity contribution >= 4 is 34.3 Å². The van der Waals surface area contributed by atoms with E-state index in [-0.39, 0.29) is 29.1 Å². The first kappa shape index (κ1) is 27.7. The number of benzene rings is 2. The second kappa shape index (κ2) is 11.7. The number of halogens is 2. The van der Waals surface area contributed by atoms with Gasteiger partial charge in [-0.1, -0.05) is 23.7 Å². The summed E-state index contributed by atoms with van der Waals surface area (Å²) in [7, 11) is 1.46. The van der Waals surface area contributed by atoms with Gasteiger partial charge in [0.05, 0.1) is 36.0 Å². The van der Waals surface area contributed by atoms with Gasteiger partial charge in [-0.2, -0.15) is 0 Å². The first-order valence-corrected chi connectivity index (χ1v) is 13.3. The highest BCUT2D eigenvalue weighted by Gasteiger charge is 2.25. The van der Waals surface area contributed by atoms with E-state index in [0.29, 0.717) is 53.0 Å². The Morgan fingerprint density at radius 1 is 1.25 bits per heavy atom. The molecule has 0 bridgehead atoms. The summed E-state index contributed by atoms with van der Waals surface area (Å²) in [6.07, 6.45) is 2.40. The number of hydrogen-bond acceptors (Lipinski definition) is 8. The summed E-state index contributed by atoms with van der Waals surface area (Å²) in [5.74, 6) is -0.00457. The second-order valence-electron chi connectivity index (χ2n) is 9.54. The fourth-order valence-electron chi connectivity index (χ4n) is 4.98. The number of nitrogen functional groups attached to an aromatic ring is 1. The lowest BCUT2D eigenvalue weighted by molar-refractivity contribution is 0.0615. The van der Waals surface area contributed by atoms with Gasteiger partial charge in [-0.15, -0.1) is 0 Å². The van der Waals surface area contributed by atoms with E-state index in [4.69, 9.17) is 36.3 Å². The van der Waals surface area contributed by atoms with Crippen molar-refractivity contribution in [2.45, 2.75) is 13.0 Å². The monoisotopic (exact) mass is 568 g/mol. The molecule has 3 N–H and O–H groups in total. The normalized spacial score (nSPS) is 14.9. The van der Waals surface area contributed by atoms with Gasteiger partial charge >= 0.3 is 0 Å². The average Bonchev–Trinajstić information content (AvgIpc) is 3.40. The number of nitrogens with two attached hydrogens (primary N) is 1. The third-order valence-electron chi connectivity index (χ3n) is 7.11. The Bertz CT molecular complexity index is 1540. The van der Waals surface area contributed by atoms with Gasteiger partial charge in [0.2, 0.25) is 5.75 Å². The van der Waals surface area contributed by atoms with Crippen molar-refractivity contribution in [2.24, 2.45) is 0 Å². The molecule has 11 heteroatoms. The molecule has 0 saturated carbocycles. The molecule has 0 radical (unpaired) electrons. The van der Waals surface area contributed by atoms with Gasteiger partial charge in [-0.3, -0.25) is 9.69 Å². The van der Waals surface area contributed by atoms with Crippen molar-refractivity contribution in [1.29, 1.82) is 0 Å². The van der Waals surface area contributed by atoms with E-state index in [2.05, 4.69) is 9.88 Å². The molecule has 0 aliphatic carbocycles. The third-order valence-corrected chi connectivity index (χ3v) is 7.50. The van der Waals surface area contributed by atoms with E-state index in [1.807, 2.05) is 23.1 Å². The average molecular weight is 569 g/mol. The van der Waals surface area contributed by atoms with Crippen LogP contribution in [0.3, 0.4) is 0 Å². The summed E-state index contributed by atoms with van der Waals surface area (Å²) < 4.78 is 31.7. The van der Waals surface area contributed by atoms with E-state index in [1.54, 1.807) is 25.5 Å². The molecule has 1 aliphatic heterocycles. The standard InChI is InChI=1S/C29H30ClFN4O5/c1-17(24-23(38-2)7-6-22(31)25(24)30)40-27-26-20(15-33-28(27)32)21(16-39-26)18-4-3-5-19(14-18)29(37)35-10-8-34(9-11-35)12-13-36/h3-7,14-17,36H,8-13H2,1-2H3,(H2,32,33). The predicted molar refractivity (Wildman–Crippen MR) is 150 cm³/mol. The Hall–Kier alpha value is -3.86. The zero-order valence-electron chi connectivity index (χ0n) is 22.2. The smallest absolute Gasteiger partial charge is 0.253 e. The highest BCUT2D eigenvalue weighted by Crippen LogP contribution is 2.42. The fourth-order valence-corrected chi connectivity index (χ4v) is 5.29. The lowest BCUT2D eigenvalue weighted by atomic mass is 10.0. The Morgan fingerprint density at radius 3 is 2.75 bits per heavy atom. The number of nitrogens with zero attached hydrogens (tertiary/aromatic N) is 3. The first-order valence-electron chi connectivity index (χ1n) is 12.9. The molecule has 2 aromatic heterocycles. The lowest BCUT2D eigenvalue weighted by Crippen LogP contribution is -2.49. The second-order valence-corrected chi connectivity index (χ2v) is 9.92. The molecule has 1 amide bonds. The van der Waals surface area contributed by atoms with Gasteiger partial charge in [0.15, 0.2) is 11.4 Å². The molecule has 40 heavy (non-hydrogen) atoms. The number of β-amino-alcohol motifs (C(OH)–C–C–N with tert-alkyl or cyclic N) is 1. The van der Waals surface area contributed by atoms with E-state index in [9.17, 15) is 9.18 Å². The molecule has 5 rings (SSSR count). The van der Waals surface area contributed by atoms with Crippen LogP contribution >= 0.6 is 11.6 Å². The van der Waals surface area contributed by atoms with Crippen molar-refractivity contribution < 1.29 is 28.2 Å². The first-order chi connectivity index (χ1) is 19.3. The molecule has 3 heterocycles. The Morgan fingerprint density at radius 2 is 2.02 bits per heavy atom. The molecule has 1 fully saturated rings. The van der Waals surface area contributed by atoms with Crippen molar-refractivity contribution in [1.82, 2.24) is 14.8 Å². The minimum Gasteiger partial charge on any atom is -0.496 e. The molecule has 4 aromatic rings. The van der Waals surface area contributed by atoms with E-state index in [1.165, 1.54) is 19.2 Å². The van der Waals surface area contributed by atoms with Crippen LogP contribution < -0.4 is 15.2 Å². The zero-order valence-corrected chi connectivity index (χ0v) is 22.9. The molecule has 210 valence electrons. The maximum absolute atomic E-state index is 14.2. The quantitative estimate of drug-likeness (QED) is 0.312. The Balaban J connectivity index is 1.43.